The normalized spacial score (nSPS) is 16.8. The van der Waals surface area contributed by atoms with E-state index in [4.69, 9.17) is 8.85 Å². The summed E-state index contributed by atoms with van der Waals surface area (Å²) in [7, 11) is -8.82. The Bertz CT molecular complexity index is 2050. The summed E-state index contributed by atoms with van der Waals surface area (Å²) in [6, 6.07) is 63.9. The van der Waals surface area contributed by atoms with Crippen molar-refractivity contribution in [2.24, 2.45) is 0 Å². The van der Waals surface area contributed by atoms with Crippen LogP contribution in [0.3, 0.4) is 0 Å². The number of allylic oxidation sites excluding steroid dienone is 1. The van der Waals surface area contributed by atoms with Gasteiger partial charge in [0.05, 0.1) is 12.2 Å². The zero-order valence-corrected chi connectivity index (χ0v) is 37.9. The van der Waals surface area contributed by atoms with Gasteiger partial charge in [-0.15, -0.1) is 0 Å². The van der Waals surface area contributed by atoms with E-state index in [0.29, 0.717) is 6.16 Å². The van der Waals surface area contributed by atoms with E-state index in [1.807, 2.05) is 60.7 Å². The number of benzene rings is 6. The van der Waals surface area contributed by atoms with Crippen molar-refractivity contribution in [3.63, 3.8) is 0 Å². The maximum absolute atomic E-state index is 15.4. The molecule has 1 aliphatic rings. The summed E-state index contributed by atoms with van der Waals surface area (Å²) in [5, 5.41) is 6.49. The second-order valence-corrected chi connectivity index (χ2v) is 29.3. The van der Waals surface area contributed by atoms with E-state index in [2.05, 4.69) is 169 Å². The summed E-state index contributed by atoms with van der Waals surface area (Å²) in [4.78, 5) is 0. The summed E-state index contributed by atoms with van der Waals surface area (Å²) < 4.78 is 31.3. The van der Waals surface area contributed by atoms with Crippen molar-refractivity contribution >= 4 is 55.1 Å². The van der Waals surface area contributed by atoms with Crippen LogP contribution in [0, 0.1) is 0 Å². The van der Waals surface area contributed by atoms with Gasteiger partial charge in [-0.3, -0.25) is 0 Å². The molecule has 3 nitrogen and oxygen atoms in total. The van der Waals surface area contributed by atoms with Crippen LogP contribution in [-0.4, -0.2) is 35.0 Å². The fourth-order valence-corrected chi connectivity index (χ4v) is 21.2. The summed E-state index contributed by atoms with van der Waals surface area (Å²) in [6.07, 6.45) is 4.77. The molecule has 0 spiro atoms. The summed E-state index contributed by atoms with van der Waals surface area (Å²) in [5.41, 5.74) is 1.25. The highest BCUT2D eigenvalue weighted by atomic mass is 31.2. The fraction of sp³-hybridized carbons (Fsp3) is 0.269. The molecule has 0 amide bonds. The molecule has 2 atom stereocenters. The number of rotatable bonds is 12. The lowest BCUT2D eigenvalue weighted by Gasteiger charge is -2.49. The van der Waals surface area contributed by atoms with Crippen LogP contribution in [0.25, 0.3) is 0 Å². The molecule has 1 saturated carbocycles. The van der Waals surface area contributed by atoms with Gasteiger partial charge in [-0.2, -0.15) is 0 Å². The van der Waals surface area contributed by atoms with Gasteiger partial charge in [-0.05, 0) is 50.1 Å². The molecule has 6 aromatic rings. The van der Waals surface area contributed by atoms with Crippen LogP contribution in [-0.2, 0) is 13.4 Å². The quantitative estimate of drug-likeness (QED) is 0.0701. The summed E-state index contributed by atoms with van der Waals surface area (Å²) in [6.45, 7) is 14.1. The van der Waals surface area contributed by atoms with Crippen molar-refractivity contribution in [3.8, 4) is 0 Å². The van der Waals surface area contributed by atoms with E-state index >= 15 is 4.57 Å². The first-order valence-electron chi connectivity index (χ1n) is 20.8. The van der Waals surface area contributed by atoms with Crippen LogP contribution in [0.15, 0.2) is 194 Å². The average Bonchev–Trinajstić information content (AvgIpc) is 3.25. The Balaban J connectivity index is 1.37. The molecule has 58 heavy (non-hydrogen) atoms. The Morgan fingerprint density at radius 1 is 0.483 bits per heavy atom. The van der Waals surface area contributed by atoms with Gasteiger partial charge in [0.25, 0.3) is 16.6 Å². The molecule has 298 valence electrons. The smallest absolute Gasteiger partial charge is 0.261 e. The maximum Gasteiger partial charge on any atom is 0.261 e. The molecule has 0 aromatic heterocycles. The fourth-order valence-electron chi connectivity index (χ4n) is 9.31. The monoisotopic (exact) mass is 818 g/mol. The van der Waals surface area contributed by atoms with E-state index in [1.54, 1.807) is 0 Å². The topological polar surface area (TPSA) is 35.5 Å². The molecule has 6 aromatic carbocycles. The highest BCUT2D eigenvalue weighted by Crippen LogP contribution is 2.46. The first kappa shape index (κ1) is 41.8. The first-order chi connectivity index (χ1) is 27.9. The highest BCUT2D eigenvalue weighted by molar-refractivity contribution is 7.78. The van der Waals surface area contributed by atoms with Crippen LogP contribution < -0.4 is 31.4 Å². The van der Waals surface area contributed by atoms with Gasteiger partial charge in [-0.1, -0.05) is 235 Å². The molecule has 7 rings (SSSR count). The van der Waals surface area contributed by atoms with Gasteiger partial charge in [0.2, 0.25) is 0 Å². The molecule has 6 heteroatoms. The lowest BCUT2D eigenvalue weighted by Crippen LogP contribution is -2.69. The lowest BCUT2D eigenvalue weighted by atomic mass is 9.90. The molecule has 1 aliphatic carbocycles. The molecular weight excluding hydrogens is 760 g/mol. The Hall–Kier alpha value is -4.36. The zero-order chi connectivity index (χ0) is 40.9. The van der Waals surface area contributed by atoms with E-state index < -0.39 is 23.8 Å². The van der Waals surface area contributed by atoms with Crippen LogP contribution in [0.4, 0.5) is 0 Å². The van der Waals surface area contributed by atoms with Crippen molar-refractivity contribution in [1.29, 1.82) is 0 Å². The minimum atomic E-state index is -3.00. The standard InChI is InChI=1S/C52H59O3PSi2/c1-51(2,3)57(47-29-17-9-18-30-47,48-31-19-10-20-32-48)54-43-39-42(37-38-56(53,45-25-13-7-14-26-45)46-27-15-8-16-28-46)40-44(41-43)55-58(52(4,5)6,49-33-21-11-22-34-49)50-35-23-12-24-36-50/h7-37,43-44H,38-41H2,1-6H3/t43-,44-/m0/s1. The average molecular weight is 819 g/mol. The minimum Gasteiger partial charge on any atom is -0.404 e. The Kier molecular flexibility index (Phi) is 12.6. The Morgan fingerprint density at radius 2 is 0.759 bits per heavy atom. The van der Waals surface area contributed by atoms with Gasteiger partial charge in [0.15, 0.2) is 0 Å². The number of hydrogen-bond acceptors (Lipinski definition) is 3. The molecule has 0 aliphatic heterocycles. The van der Waals surface area contributed by atoms with Crippen LogP contribution in [0.2, 0.25) is 10.1 Å². The van der Waals surface area contributed by atoms with Crippen molar-refractivity contribution < 1.29 is 13.4 Å². The van der Waals surface area contributed by atoms with Crippen molar-refractivity contribution in [3.05, 3.63) is 194 Å². The first-order valence-corrected chi connectivity index (χ1v) is 26.5. The van der Waals surface area contributed by atoms with Gasteiger partial charge >= 0.3 is 0 Å². The third-order valence-corrected chi connectivity index (χ3v) is 25.2. The minimum absolute atomic E-state index is 0.123. The van der Waals surface area contributed by atoms with Crippen molar-refractivity contribution in [2.75, 3.05) is 6.16 Å². The summed E-state index contributed by atoms with van der Waals surface area (Å²) >= 11 is 0. The molecule has 0 bridgehead atoms. The SMILES string of the molecule is CC(C)(C)[Si](O[C@H]1CC(=CCP(=O)(c2ccccc2)c2ccccc2)C[C@H](O[Si](c2ccccc2)(c2ccccc2)C(C)(C)C)C1)(c1ccccc1)c1ccccc1. The van der Waals surface area contributed by atoms with Crippen molar-refractivity contribution in [1.82, 2.24) is 0 Å². The second kappa shape index (κ2) is 17.5. The maximum atomic E-state index is 15.4. The molecular formula is C52H59O3PSi2. The predicted molar refractivity (Wildman–Crippen MR) is 252 cm³/mol. The molecule has 1 fully saturated rings. The van der Waals surface area contributed by atoms with Crippen LogP contribution in [0.5, 0.6) is 0 Å². The molecule has 0 unspecified atom stereocenters. The van der Waals surface area contributed by atoms with E-state index in [0.717, 1.165) is 29.9 Å². The van der Waals surface area contributed by atoms with E-state index in [9.17, 15) is 0 Å². The molecule has 0 heterocycles. The Labute approximate surface area is 349 Å². The van der Waals surface area contributed by atoms with Gasteiger partial charge in [-0.25, -0.2) is 0 Å². The van der Waals surface area contributed by atoms with Crippen molar-refractivity contribution in [2.45, 2.75) is 83.1 Å². The van der Waals surface area contributed by atoms with Gasteiger partial charge in [0.1, 0.15) is 7.14 Å². The van der Waals surface area contributed by atoms with Crippen LogP contribution in [0.1, 0.15) is 60.8 Å². The second-order valence-electron chi connectivity index (χ2n) is 17.9. The number of hydrogen-bond donors (Lipinski definition) is 0. The summed E-state index contributed by atoms with van der Waals surface area (Å²) in [5.74, 6) is 0. The largest absolute Gasteiger partial charge is 0.404 e. The van der Waals surface area contributed by atoms with E-state index in [-0.39, 0.29) is 22.3 Å². The lowest BCUT2D eigenvalue weighted by molar-refractivity contribution is 0.0773. The zero-order valence-electron chi connectivity index (χ0n) is 35.1. The molecule has 0 radical (unpaired) electrons. The third-order valence-electron chi connectivity index (χ3n) is 12.0. The third kappa shape index (κ3) is 8.39. The van der Waals surface area contributed by atoms with Gasteiger partial charge < -0.3 is 13.4 Å². The highest BCUT2D eigenvalue weighted by Gasteiger charge is 2.54. The predicted octanol–water partition coefficient (Wildman–Crippen LogP) is 10.0. The molecule has 0 N–H and O–H groups in total. The van der Waals surface area contributed by atoms with E-state index in [1.165, 1.54) is 26.3 Å². The van der Waals surface area contributed by atoms with Gasteiger partial charge in [0, 0.05) is 16.8 Å². The Morgan fingerprint density at radius 3 is 1.03 bits per heavy atom. The van der Waals surface area contributed by atoms with Crippen LogP contribution >= 0.6 is 7.14 Å². The molecule has 0 saturated heterocycles.